The Balaban J connectivity index is 2.05. The van der Waals surface area contributed by atoms with Crippen LogP contribution in [0.25, 0.3) is 0 Å². The van der Waals surface area contributed by atoms with Gasteiger partial charge in [-0.3, -0.25) is 0 Å². The highest BCUT2D eigenvalue weighted by Crippen LogP contribution is 2.25. The molecule has 0 spiro atoms. The zero-order valence-corrected chi connectivity index (χ0v) is 13.8. The van der Waals surface area contributed by atoms with Crippen LogP contribution < -0.4 is 4.72 Å². The van der Waals surface area contributed by atoms with E-state index in [0.717, 1.165) is 11.3 Å². The third-order valence-corrected chi connectivity index (χ3v) is 6.15. The van der Waals surface area contributed by atoms with Crippen LogP contribution in [0.1, 0.15) is 17.4 Å². The number of nitrogens with zero attached hydrogens (tertiary/aromatic N) is 2. The Hall–Kier alpha value is -2.03. The third-order valence-electron chi connectivity index (χ3n) is 3.33. The molecule has 3 rings (SSSR count). The molecule has 1 atom stereocenters. The first-order valence-corrected chi connectivity index (χ1v) is 9.12. The summed E-state index contributed by atoms with van der Waals surface area (Å²) in [6.45, 7) is 0. The van der Waals surface area contributed by atoms with Gasteiger partial charge in [-0.2, -0.15) is 4.72 Å². The van der Waals surface area contributed by atoms with Crippen molar-refractivity contribution in [3.05, 3.63) is 71.4 Å². The van der Waals surface area contributed by atoms with E-state index < -0.39 is 21.9 Å². The second-order valence-corrected chi connectivity index (χ2v) is 7.83. The van der Waals surface area contributed by atoms with Crippen molar-refractivity contribution in [3.63, 3.8) is 0 Å². The first-order valence-electron chi connectivity index (χ1n) is 6.76. The minimum absolute atomic E-state index is 0.202. The molecule has 0 aliphatic heterocycles. The summed E-state index contributed by atoms with van der Waals surface area (Å²) in [4.78, 5) is 4.20. The average molecular weight is 351 g/mol. The van der Waals surface area contributed by atoms with Crippen LogP contribution >= 0.6 is 11.3 Å². The van der Waals surface area contributed by atoms with Gasteiger partial charge in [0.2, 0.25) is 0 Å². The lowest BCUT2D eigenvalue weighted by Crippen LogP contribution is -2.30. The molecule has 3 aromatic rings. The highest BCUT2D eigenvalue weighted by Gasteiger charge is 2.26. The molecule has 5 nitrogen and oxygen atoms in total. The molecule has 2 heterocycles. The zero-order valence-electron chi connectivity index (χ0n) is 12.2. The van der Waals surface area contributed by atoms with Crippen LogP contribution in [0.2, 0.25) is 0 Å². The largest absolute Gasteiger partial charge is 0.336 e. The van der Waals surface area contributed by atoms with E-state index >= 15 is 0 Å². The SMILES string of the molecule is Cn1ccnc1[C@@H](NS(=O)(=O)c1cccs1)c1cccc(F)c1. The lowest BCUT2D eigenvalue weighted by Gasteiger charge is -2.18. The normalized spacial score (nSPS) is 13.1. The Labute approximate surface area is 137 Å². The summed E-state index contributed by atoms with van der Waals surface area (Å²) in [6, 6.07) is 8.23. The standard InChI is InChI=1S/C15H14FN3O2S2/c1-19-8-7-17-15(19)14(11-4-2-5-12(16)10-11)18-23(20,21)13-6-3-9-22-13/h2-10,14,18H,1H3/t14-/m0/s1. The zero-order chi connectivity index (χ0) is 16.4. The van der Waals surface area contributed by atoms with Crippen LogP contribution in [-0.2, 0) is 17.1 Å². The second-order valence-electron chi connectivity index (χ2n) is 4.94. The van der Waals surface area contributed by atoms with E-state index in [-0.39, 0.29) is 4.21 Å². The number of halogens is 1. The number of sulfonamides is 1. The number of rotatable bonds is 5. The van der Waals surface area contributed by atoms with Gasteiger partial charge in [-0.25, -0.2) is 17.8 Å². The van der Waals surface area contributed by atoms with Gasteiger partial charge in [-0.05, 0) is 29.1 Å². The predicted molar refractivity (Wildman–Crippen MR) is 86.1 cm³/mol. The van der Waals surface area contributed by atoms with E-state index in [2.05, 4.69) is 9.71 Å². The van der Waals surface area contributed by atoms with Crippen LogP contribution in [0.3, 0.4) is 0 Å². The topological polar surface area (TPSA) is 64.0 Å². The van der Waals surface area contributed by atoms with Gasteiger partial charge in [0.1, 0.15) is 21.9 Å². The highest BCUT2D eigenvalue weighted by atomic mass is 32.2. The summed E-state index contributed by atoms with van der Waals surface area (Å²) in [6.07, 6.45) is 3.28. The maximum atomic E-state index is 13.6. The lowest BCUT2D eigenvalue weighted by atomic mass is 10.1. The van der Waals surface area contributed by atoms with Gasteiger partial charge in [0.05, 0.1) is 0 Å². The lowest BCUT2D eigenvalue weighted by molar-refractivity contribution is 0.562. The van der Waals surface area contributed by atoms with E-state index in [0.29, 0.717) is 11.4 Å². The summed E-state index contributed by atoms with van der Waals surface area (Å²) >= 11 is 1.12. The number of imidazole rings is 1. The minimum Gasteiger partial charge on any atom is -0.336 e. The molecule has 0 aliphatic carbocycles. The maximum Gasteiger partial charge on any atom is 0.251 e. The van der Waals surface area contributed by atoms with E-state index in [1.165, 1.54) is 18.2 Å². The van der Waals surface area contributed by atoms with Crippen LogP contribution in [-0.4, -0.2) is 18.0 Å². The molecule has 0 saturated carbocycles. The molecule has 8 heteroatoms. The van der Waals surface area contributed by atoms with Crippen molar-refractivity contribution in [2.45, 2.75) is 10.3 Å². The van der Waals surface area contributed by atoms with Crippen molar-refractivity contribution >= 4 is 21.4 Å². The Morgan fingerprint density at radius 2 is 2.13 bits per heavy atom. The highest BCUT2D eigenvalue weighted by molar-refractivity contribution is 7.91. The first-order chi connectivity index (χ1) is 11.0. The minimum atomic E-state index is -3.73. The van der Waals surface area contributed by atoms with Gasteiger partial charge in [0.25, 0.3) is 10.0 Å². The molecule has 120 valence electrons. The average Bonchev–Trinajstić information content (AvgIpc) is 3.16. The van der Waals surface area contributed by atoms with Crippen molar-refractivity contribution in [2.75, 3.05) is 0 Å². The van der Waals surface area contributed by atoms with Gasteiger partial charge in [0.15, 0.2) is 0 Å². The summed E-state index contributed by atoms with van der Waals surface area (Å²) in [7, 11) is -1.97. The predicted octanol–water partition coefficient (Wildman–Crippen LogP) is 2.69. The van der Waals surface area contributed by atoms with Crippen LogP contribution in [0.5, 0.6) is 0 Å². The molecule has 0 radical (unpaired) electrons. The maximum absolute atomic E-state index is 13.6. The number of aromatic nitrogens is 2. The van der Waals surface area contributed by atoms with Crippen molar-refractivity contribution in [1.82, 2.24) is 14.3 Å². The van der Waals surface area contributed by atoms with E-state index in [4.69, 9.17) is 0 Å². The van der Waals surface area contributed by atoms with E-state index in [1.807, 2.05) is 0 Å². The van der Waals surface area contributed by atoms with Gasteiger partial charge in [-0.15, -0.1) is 11.3 Å². The van der Waals surface area contributed by atoms with Gasteiger partial charge < -0.3 is 4.57 Å². The molecule has 0 aliphatic rings. The number of thiophene rings is 1. The fourth-order valence-electron chi connectivity index (χ4n) is 2.24. The molecule has 0 fully saturated rings. The third kappa shape index (κ3) is 3.34. The number of nitrogens with one attached hydrogen (secondary N) is 1. The van der Waals surface area contributed by atoms with Crippen molar-refractivity contribution in [2.24, 2.45) is 7.05 Å². The molecule has 0 unspecified atom stereocenters. The Kier molecular flexibility index (Phi) is 4.29. The number of hydrogen-bond donors (Lipinski definition) is 1. The summed E-state index contributed by atoms with van der Waals surface area (Å²) in [5.74, 6) is 0.0489. The number of aryl methyl sites for hydroxylation is 1. The number of benzene rings is 1. The molecule has 2 aromatic heterocycles. The van der Waals surface area contributed by atoms with E-state index in [1.54, 1.807) is 47.6 Å². The molecule has 0 bridgehead atoms. The van der Waals surface area contributed by atoms with Gasteiger partial charge >= 0.3 is 0 Å². The monoisotopic (exact) mass is 351 g/mol. The first kappa shape index (κ1) is 15.9. The summed E-state index contributed by atoms with van der Waals surface area (Å²) < 4.78 is 43.2. The molecule has 0 amide bonds. The van der Waals surface area contributed by atoms with Crippen molar-refractivity contribution < 1.29 is 12.8 Å². The Morgan fingerprint density at radius 1 is 1.30 bits per heavy atom. The molecule has 1 aromatic carbocycles. The molecule has 1 N–H and O–H groups in total. The smallest absolute Gasteiger partial charge is 0.251 e. The fourth-order valence-corrected chi connectivity index (χ4v) is 4.43. The van der Waals surface area contributed by atoms with Crippen LogP contribution in [0, 0.1) is 5.82 Å². The fraction of sp³-hybridized carbons (Fsp3) is 0.133. The van der Waals surface area contributed by atoms with Crippen LogP contribution in [0.15, 0.2) is 58.4 Å². The molecule has 0 saturated heterocycles. The van der Waals surface area contributed by atoms with E-state index in [9.17, 15) is 12.8 Å². The van der Waals surface area contributed by atoms with Crippen LogP contribution in [0.4, 0.5) is 4.39 Å². The summed E-state index contributed by atoms with van der Waals surface area (Å²) in [5.41, 5.74) is 0.486. The van der Waals surface area contributed by atoms with Gasteiger partial charge in [0, 0.05) is 19.4 Å². The van der Waals surface area contributed by atoms with Crippen molar-refractivity contribution in [1.29, 1.82) is 0 Å². The quantitative estimate of drug-likeness (QED) is 0.769. The second kappa shape index (κ2) is 6.23. The van der Waals surface area contributed by atoms with Gasteiger partial charge in [-0.1, -0.05) is 18.2 Å². The Morgan fingerprint density at radius 3 is 2.74 bits per heavy atom. The Bertz CT molecular complexity index is 904. The molecule has 23 heavy (non-hydrogen) atoms. The van der Waals surface area contributed by atoms with Crippen molar-refractivity contribution in [3.8, 4) is 0 Å². The molecular weight excluding hydrogens is 337 g/mol. The summed E-state index contributed by atoms with van der Waals surface area (Å²) in [5, 5.41) is 1.69. The number of hydrogen-bond acceptors (Lipinski definition) is 4. The molecular formula is C15H14FN3O2S2.